The molecule has 0 saturated carbocycles. The van der Waals surface area contributed by atoms with Crippen LogP contribution in [0.15, 0.2) is 42.7 Å². The lowest BCUT2D eigenvalue weighted by Gasteiger charge is -2.18. The highest BCUT2D eigenvalue weighted by Crippen LogP contribution is 2.31. The molecule has 0 unspecified atom stereocenters. The number of pyridine rings is 1. The maximum atomic E-state index is 11.1. The van der Waals surface area contributed by atoms with E-state index in [1.54, 1.807) is 30.4 Å². The molecule has 108 valence electrons. The van der Waals surface area contributed by atoms with Crippen LogP contribution in [0, 0.1) is 20.2 Å². The smallest absolute Gasteiger partial charge is 0.299 e. The molecule has 1 aromatic carbocycles. The van der Waals surface area contributed by atoms with Gasteiger partial charge in [-0.2, -0.15) is 0 Å². The van der Waals surface area contributed by atoms with E-state index < -0.39 is 9.85 Å². The lowest BCUT2D eigenvalue weighted by atomic mass is 10.2. The Hall–Kier alpha value is -3.03. The Bertz CT molecular complexity index is 675. The summed E-state index contributed by atoms with van der Waals surface area (Å²) < 4.78 is 0. The highest BCUT2D eigenvalue weighted by Gasteiger charge is 2.21. The normalized spacial score (nSPS) is 10.1. The van der Waals surface area contributed by atoms with Crippen molar-refractivity contribution in [2.45, 2.75) is 6.54 Å². The highest BCUT2D eigenvalue weighted by atomic mass is 16.6. The summed E-state index contributed by atoms with van der Waals surface area (Å²) in [6.45, 7) is 0.409. The largest absolute Gasteiger partial charge is 0.365 e. The molecule has 2 aromatic rings. The summed E-state index contributed by atoms with van der Waals surface area (Å²) in [5.41, 5.74) is 0.595. The Labute approximate surface area is 120 Å². The number of anilines is 1. The molecule has 0 spiro atoms. The predicted octanol–water partition coefficient (Wildman–Crippen LogP) is 2.53. The number of hydrogen-bond acceptors (Lipinski definition) is 6. The van der Waals surface area contributed by atoms with Crippen molar-refractivity contribution in [3.8, 4) is 0 Å². The van der Waals surface area contributed by atoms with Gasteiger partial charge < -0.3 is 4.90 Å². The van der Waals surface area contributed by atoms with E-state index in [9.17, 15) is 20.2 Å². The molecule has 0 aliphatic heterocycles. The molecule has 0 bridgehead atoms. The average Bonchev–Trinajstić information content (AvgIpc) is 2.47. The van der Waals surface area contributed by atoms with E-state index in [1.807, 2.05) is 6.07 Å². The van der Waals surface area contributed by atoms with Crippen LogP contribution in [0.4, 0.5) is 17.1 Å². The van der Waals surface area contributed by atoms with Crippen molar-refractivity contribution in [3.05, 3.63) is 68.5 Å². The number of nitro benzene ring substituents is 2. The van der Waals surface area contributed by atoms with Gasteiger partial charge in [0.15, 0.2) is 0 Å². The van der Waals surface area contributed by atoms with Gasteiger partial charge in [0.1, 0.15) is 5.69 Å². The van der Waals surface area contributed by atoms with Crippen LogP contribution in [0.1, 0.15) is 5.56 Å². The molecule has 1 heterocycles. The summed E-state index contributed by atoms with van der Waals surface area (Å²) in [5.74, 6) is 0. The van der Waals surface area contributed by atoms with Crippen LogP contribution in [0.25, 0.3) is 0 Å². The number of rotatable bonds is 5. The number of nitro groups is 2. The quantitative estimate of drug-likeness (QED) is 0.618. The van der Waals surface area contributed by atoms with Crippen molar-refractivity contribution in [2.75, 3.05) is 11.9 Å². The van der Waals surface area contributed by atoms with Crippen molar-refractivity contribution < 1.29 is 9.85 Å². The third kappa shape index (κ3) is 3.30. The van der Waals surface area contributed by atoms with Gasteiger partial charge in [0, 0.05) is 32.1 Å². The second kappa shape index (κ2) is 5.95. The van der Waals surface area contributed by atoms with Crippen molar-refractivity contribution >= 4 is 17.1 Å². The highest BCUT2D eigenvalue weighted by molar-refractivity contribution is 5.66. The maximum Gasteiger partial charge on any atom is 0.299 e. The summed E-state index contributed by atoms with van der Waals surface area (Å²) >= 11 is 0. The Morgan fingerprint density at radius 2 is 1.95 bits per heavy atom. The van der Waals surface area contributed by atoms with Crippen LogP contribution in [0.5, 0.6) is 0 Å². The summed E-state index contributed by atoms with van der Waals surface area (Å²) in [6, 6.07) is 7.22. The molecule has 0 saturated heterocycles. The van der Waals surface area contributed by atoms with Crippen LogP contribution in [0.2, 0.25) is 0 Å². The van der Waals surface area contributed by atoms with E-state index in [0.29, 0.717) is 12.2 Å². The standard InChI is InChI=1S/C13H12N4O4/c1-15(9-10-3-2-6-14-8-10)12-5-4-11(16(18)19)7-13(12)17(20)21/h2-8H,9H2,1H3. The van der Waals surface area contributed by atoms with E-state index in [0.717, 1.165) is 11.6 Å². The molecule has 0 aliphatic carbocycles. The van der Waals surface area contributed by atoms with Gasteiger partial charge in [-0.25, -0.2) is 0 Å². The van der Waals surface area contributed by atoms with Gasteiger partial charge in [0.2, 0.25) is 0 Å². The Morgan fingerprint density at radius 1 is 1.19 bits per heavy atom. The zero-order valence-corrected chi connectivity index (χ0v) is 11.2. The minimum Gasteiger partial charge on any atom is -0.365 e. The molecule has 1 aromatic heterocycles. The SMILES string of the molecule is CN(Cc1cccnc1)c1ccc([N+](=O)[O-])cc1[N+](=O)[O-]. The van der Waals surface area contributed by atoms with Crippen LogP contribution in [-0.4, -0.2) is 21.9 Å². The number of benzene rings is 1. The fraction of sp³-hybridized carbons (Fsp3) is 0.154. The lowest BCUT2D eigenvalue weighted by Crippen LogP contribution is -2.17. The lowest BCUT2D eigenvalue weighted by molar-refractivity contribution is -0.393. The number of aromatic nitrogens is 1. The van der Waals surface area contributed by atoms with Gasteiger partial charge in [0.05, 0.1) is 15.9 Å². The molecule has 0 amide bonds. The van der Waals surface area contributed by atoms with Crippen LogP contribution >= 0.6 is 0 Å². The number of nitrogens with zero attached hydrogens (tertiary/aromatic N) is 4. The minimum atomic E-state index is -0.655. The molecule has 0 N–H and O–H groups in total. The minimum absolute atomic E-state index is 0.296. The molecular weight excluding hydrogens is 276 g/mol. The van der Waals surface area contributed by atoms with E-state index in [2.05, 4.69) is 4.98 Å². The molecule has 0 aliphatic rings. The fourth-order valence-corrected chi connectivity index (χ4v) is 1.95. The second-order valence-electron chi connectivity index (χ2n) is 4.40. The zero-order chi connectivity index (χ0) is 15.4. The first-order chi connectivity index (χ1) is 9.99. The first-order valence-corrected chi connectivity index (χ1v) is 6.02. The Balaban J connectivity index is 2.34. The summed E-state index contributed by atoms with van der Waals surface area (Å²) in [7, 11) is 1.68. The Kier molecular flexibility index (Phi) is 4.07. The number of non-ortho nitro benzene ring substituents is 1. The molecular formula is C13H12N4O4. The first kappa shape index (κ1) is 14.4. The van der Waals surface area contributed by atoms with Crippen LogP contribution in [0.3, 0.4) is 0 Å². The third-order valence-electron chi connectivity index (χ3n) is 2.92. The van der Waals surface area contributed by atoms with Crippen molar-refractivity contribution in [1.29, 1.82) is 0 Å². The Morgan fingerprint density at radius 3 is 2.52 bits per heavy atom. The molecule has 21 heavy (non-hydrogen) atoms. The van der Waals surface area contributed by atoms with Gasteiger partial charge in [-0.15, -0.1) is 0 Å². The predicted molar refractivity (Wildman–Crippen MR) is 76.1 cm³/mol. The van der Waals surface area contributed by atoms with Crippen molar-refractivity contribution in [1.82, 2.24) is 4.98 Å². The maximum absolute atomic E-state index is 11.1. The van der Waals surface area contributed by atoms with Crippen molar-refractivity contribution in [2.24, 2.45) is 0 Å². The topological polar surface area (TPSA) is 102 Å². The van der Waals surface area contributed by atoms with Crippen LogP contribution in [-0.2, 0) is 6.54 Å². The van der Waals surface area contributed by atoms with Gasteiger partial charge in [-0.3, -0.25) is 25.2 Å². The number of hydrogen-bond donors (Lipinski definition) is 0. The monoisotopic (exact) mass is 288 g/mol. The average molecular weight is 288 g/mol. The third-order valence-corrected chi connectivity index (χ3v) is 2.92. The van der Waals surface area contributed by atoms with E-state index >= 15 is 0 Å². The van der Waals surface area contributed by atoms with Gasteiger partial charge in [0.25, 0.3) is 11.4 Å². The van der Waals surface area contributed by atoms with Crippen LogP contribution < -0.4 is 4.90 Å². The first-order valence-electron chi connectivity index (χ1n) is 6.02. The zero-order valence-electron chi connectivity index (χ0n) is 11.2. The van der Waals surface area contributed by atoms with Gasteiger partial charge in [-0.1, -0.05) is 6.07 Å². The molecule has 0 radical (unpaired) electrons. The summed E-state index contributed by atoms with van der Waals surface area (Å²) in [4.78, 5) is 26.2. The summed E-state index contributed by atoms with van der Waals surface area (Å²) in [6.07, 6.45) is 3.30. The molecule has 2 rings (SSSR count). The van der Waals surface area contributed by atoms with Gasteiger partial charge >= 0.3 is 0 Å². The molecule has 8 heteroatoms. The molecule has 0 fully saturated rings. The van der Waals surface area contributed by atoms with E-state index in [4.69, 9.17) is 0 Å². The van der Waals surface area contributed by atoms with E-state index in [1.165, 1.54) is 12.1 Å². The van der Waals surface area contributed by atoms with Crippen molar-refractivity contribution in [3.63, 3.8) is 0 Å². The second-order valence-corrected chi connectivity index (χ2v) is 4.40. The van der Waals surface area contributed by atoms with E-state index in [-0.39, 0.29) is 11.4 Å². The molecule has 0 atom stereocenters. The van der Waals surface area contributed by atoms with Gasteiger partial charge in [-0.05, 0) is 17.7 Å². The summed E-state index contributed by atoms with van der Waals surface area (Å²) in [5, 5.41) is 21.8. The fourth-order valence-electron chi connectivity index (χ4n) is 1.95. The molecule has 8 nitrogen and oxygen atoms in total.